The summed E-state index contributed by atoms with van der Waals surface area (Å²) in [7, 11) is -2.01. The molecule has 1 heterocycles. The molecule has 0 aromatic heterocycles. The van der Waals surface area contributed by atoms with E-state index in [0.717, 1.165) is 29.7 Å². The molecule has 0 radical (unpaired) electrons. The monoisotopic (exact) mass is 557 g/mol. The van der Waals surface area contributed by atoms with Gasteiger partial charge in [0, 0.05) is 11.3 Å². The third-order valence-electron chi connectivity index (χ3n) is 5.78. The predicted octanol–water partition coefficient (Wildman–Crippen LogP) is 7.29. The first kappa shape index (κ1) is 31.6. The highest BCUT2D eigenvalue weighted by molar-refractivity contribution is 7.86. The van der Waals surface area contributed by atoms with E-state index in [1.165, 1.54) is 0 Å². The van der Waals surface area contributed by atoms with E-state index in [1.54, 1.807) is 40.7 Å². The number of benzene rings is 2. The summed E-state index contributed by atoms with van der Waals surface area (Å²) in [6.45, 7) is 13.3. The number of alkyl halides is 3. The zero-order chi connectivity index (χ0) is 28.8. The molecule has 0 saturated heterocycles. The maximum Gasteiger partial charge on any atom is 0.390 e. The fourth-order valence-electron chi connectivity index (χ4n) is 4.24. The van der Waals surface area contributed by atoms with E-state index in [2.05, 4.69) is 4.72 Å². The average Bonchev–Trinajstić information content (AvgIpc) is 2.83. The maximum absolute atomic E-state index is 12.6. The lowest BCUT2D eigenvalue weighted by molar-refractivity contribution is -0.160. The zero-order valence-corrected chi connectivity index (χ0v) is 23.9. The second kappa shape index (κ2) is 13.0. The summed E-state index contributed by atoms with van der Waals surface area (Å²) in [4.78, 5) is 12.5. The van der Waals surface area contributed by atoms with Crippen LogP contribution in [-0.2, 0) is 26.9 Å². The van der Waals surface area contributed by atoms with Crippen LogP contribution in [0, 0.1) is 13.8 Å². The number of ether oxygens (including phenoxy) is 2. The number of aryl methyl sites for hydroxylation is 2. The first-order valence-electron chi connectivity index (χ1n) is 12.7. The predicted molar refractivity (Wildman–Crippen MR) is 145 cm³/mol. The van der Waals surface area contributed by atoms with Crippen LogP contribution in [0.4, 0.5) is 18.9 Å². The SMILES string of the molecule is CC.Cc1cc(NS(=O)CCC(F)(F)F)c(C)c(C(OC(C)(C)C)C(=O)O)c1-c1ccc2c(c1)CCCO2. The van der Waals surface area contributed by atoms with Gasteiger partial charge in [0.1, 0.15) is 16.7 Å². The van der Waals surface area contributed by atoms with Crippen molar-refractivity contribution in [3.63, 3.8) is 0 Å². The summed E-state index contributed by atoms with van der Waals surface area (Å²) in [6, 6.07) is 7.39. The average molecular weight is 558 g/mol. The van der Waals surface area contributed by atoms with Crippen LogP contribution in [0.1, 0.15) is 75.8 Å². The number of carbonyl (C=O) groups is 1. The molecule has 0 spiro atoms. The van der Waals surface area contributed by atoms with E-state index in [4.69, 9.17) is 9.47 Å². The third-order valence-corrected chi connectivity index (χ3v) is 6.80. The molecule has 6 nitrogen and oxygen atoms in total. The number of halogens is 3. The van der Waals surface area contributed by atoms with Gasteiger partial charge in [0.05, 0.1) is 24.4 Å². The van der Waals surface area contributed by atoms with E-state index < -0.39 is 47.0 Å². The molecular formula is C28H38F3NO5S. The van der Waals surface area contributed by atoms with Crippen LogP contribution in [0.5, 0.6) is 5.75 Å². The van der Waals surface area contributed by atoms with Crippen molar-refractivity contribution in [3.05, 3.63) is 46.5 Å². The van der Waals surface area contributed by atoms with E-state index in [-0.39, 0.29) is 0 Å². The molecule has 2 unspecified atom stereocenters. The Balaban J connectivity index is 0.00000247. The Labute approximate surface area is 225 Å². The Hall–Kier alpha value is -2.59. The minimum Gasteiger partial charge on any atom is -0.493 e. The number of rotatable bonds is 8. The van der Waals surface area contributed by atoms with Gasteiger partial charge in [-0.1, -0.05) is 19.9 Å². The van der Waals surface area contributed by atoms with Gasteiger partial charge in [-0.25, -0.2) is 9.00 Å². The van der Waals surface area contributed by atoms with Crippen LogP contribution in [0.3, 0.4) is 0 Å². The largest absolute Gasteiger partial charge is 0.493 e. The molecule has 1 aliphatic heterocycles. The van der Waals surface area contributed by atoms with Crippen molar-refractivity contribution >= 4 is 22.6 Å². The molecule has 38 heavy (non-hydrogen) atoms. The molecule has 2 aromatic carbocycles. The Morgan fingerprint density at radius 2 is 1.84 bits per heavy atom. The van der Waals surface area contributed by atoms with Crippen molar-refractivity contribution < 1.29 is 36.8 Å². The quantitative estimate of drug-likeness (QED) is 0.356. The molecule has 212 valence electrons. The molecule has 0 amide bonds. The van der Waals surface area contributed by atoms with Crippen LogP contribution in [-0.4, -0.2) is 39.4 Å². The fraction of sp³-hybridized carbons (Fsp3) is 0.536. The Morgan fingerprint density at radius 1 is 1.18 bits per heavy atom. The first-order chi connectivity index (χ1) is 17.7. The standard InChI is InChI=1S/C26H32F3NO5S.C2H6/c1-15-13-19(30-36(33)12-10-26(27,28)29)16(2)22(23(24(31)32)35-25(3,4)5)21(15)18-8-9-20-17(14-18)7-6-11-34-20;1-2/h8-9,13-14,23,30H,6-7,10-12H2,1-5H3,(H,31,32);1-2H3. The molecule has 2 atom stereocenters. The first-order valence-corrected chi connectivity index (χ1v) is 14.0. The van der Waals surface area contributed by atoms with Crippen molar-refractivity contribution in [2.24, 2.45) is 0 Å². The highest BCUT2D eigenvalue weighted by Gasteiger charge is 2.33. The Bertz CT molecular complexity index is 1160. The zero-order valence-electron chi connectivity index (χ0n) is 23.0. The third kappa shape index (κ3) is 8.46. The number of aliphatic carboxylic acids is 1. The topological polar surface area (TPSA) is 84.9 Å². The van der Waals surface area contributed by atoms with Gasteiger partial charge in [-0.15, -0.1) is 0 Å². The summed E-state index contributed by atoms with van der Waals surface area (Å²) in [6.07, 6.45) is -5.29. The lowest BCUT2D eigenvalue weighted by Crippen LogP contribution is -2.28. The summed E-state index contributed by atoms with van der Waals surface area (Å²) < 4.78 is 64.6. The number of anilines is 1. The van der Waals surface area contributed by atoms with Gasteiger partial charge >= 0.3 is 12.1 Å². The second-order valence-corrected chi connectivity index (χ2v) is 11.2. The smallest absolute Gasteiger partial charge is 0.390 e. The number of fused-ring (bicyclic) bond motifs is 1. The minimum atomic E-state index is -4.43. The van der Waals surface area contributed by atoms with Crippen molar-refractivity contribution in [1.29, 1.82) is 0 Å². The van der Waals surface area contributed by atoms with E-state index in [1.807, 2.05) is 32.0 Å². The molecule has 0 bridgehead atoms. The number of nitrogens with one attached hydrogen (secondary N) is 1. The van der Waals surface area contributed by atoms with Crippen LogP contribution < -0.4 is 9.46 Å². The van der Waals surface area contributed by atoms with E-state index in [0.29, 0.717) is 34.5 Å². The van der Waals surface area contributed by atoms with E-state index >= 15 is 0 Å². The summed E-state index contributed by atoms with van der Waals surface area (Å²) in [5, 5.41) is 10.2. The summed E-state index contributed by atoms with van der Waals surface area (Å²) in [5.74, 6) is -1.03. The summed E-state index contributed by atoms with van der Waals surface area (Å²) >= 11 is 0. The lowest BCUT2D eigenvalue weighted by atomic mass is 9.86. The molecule has 0 aliphatic carbocycles. The Kier molecular flexibility index (Phi) is 10.8. The molecule has 1 aliphatic rings. The van der Waals surface area contributed by atoms with Crippen LogP contribution in [0.25, 0.3) is 11.1 Å². The molecule has 0 saturated carbocycles. The van der Waals surface area contributed by atoms with Gasteiger partial charge in [-0.3, -0.25) is 0 Å². The van der Waals surface area contributed by atoms with Gasteiger partial charge in [0.15, 0.2) is 6.10 Å². The van der Waals surface area contributed by atoms with E-state index in [9.17, 15) is 27.3 Å². The number of carboxylic acid groups (broad SMARTS) is 1. The van der Waals surface area contributed by atoms with Crippen molar-refractivity contribution in [2.45, 2.75) is 85.6 Å². The number of carboxylic acids is 1. The molecule has 3 rings (SSSR count). The molecule has 10 heteroatoms. The van der Waals surface area contributed by atoms with Gasteiger partial charge in [-0.05, 0) is 93.5 Å². The number of hydrogen-bond acceptors (Lipinski definition) is 4. The molecule has 2 N–H and O–H groups in total. The molecular weight excluding hydrogens is 519 g/mol. The highest BCUT2D eigenvalue weighted by atomic mass is 32.2. The van der Waals surface area contributed by atoms with Crippen molar-refractivity contribution in [2.75, 3.05) is 17.1 Å². The molecule has 2 aromatic rings. The van der Waals surface area contributed by atoms with Crippen molar-refractivity contribution in [3.8, 4) is 16.9 Å². The van der Waals surface area contributed by atoms with Crippen LogP contribution >= 0.6 is 0 Å². The molecule has 0 fully saturated rings. The minimum absolute atomic E-state index is 0.303. The van der Waals surface area contributed by atoms with Gasteiger partial charge < -0.3 is 19.3 Å². The Morgan fingerprint density at radius 3 is 2.42 bits per heavy atom. The lowest BCUT2D eigenvalue weighted by Gasteiger charge is -2.30. The normalized spacial score (nSPS) is 14.9. The maximum atomic E-state index is 12.6. The van der Waals surface area contributed by atoms with Gasteiger partial charge in [0.25, 0.3) is 0 Å². The summed E-state index contributed by atoms with van der Waals surface area (Å²) in [5.41, 5.74) is 3.44. The van der Waals surface area contributed by atoms with Crippen molar-refractivity contribution in [1.82, 2.24) is 0 Å². The number of hydrogen-bond donors (Lipinski definition) is 2. The second-order valence-electron chi connectivity index (χ2n) is 9.89. The van der Waals surface area contributed by atoms with Crippen LogP contribution in [0.2, 0.25) is 0 Å². The fourth-order valence-corrected chi connectivity index (χ4v) is 5.22. The van der Waals surface area contributed by atoms with Gasteiger partial charge in [-0.2, -0.15) is 13.2 Å². The van der Waals surface area contributed by atoms with Gasteiger partial charge in [0.2, 0.25) is 0 Å². The van der Waals surface area contributed by atoms with Crippen LogP contribution in [0.15, 0.2) is 24.3 Å². The highest BCUT2D eigenvalue weighted by Crippen LogP contribution is 2.42.